The first-order valence-electron chi connectivity index (χ1n) is 9.78. The van der Waals surface area contributed by atoms with Gasteiger partial charge in [0.05, 0.1) is 9.78 Å². The molecule has 3 aromatic carbocycles. The van der Waals surface area contributed by atoms with Crippen molar-refractivity contribution >= 4 is 73.2 Å². The second-order valence-corrected chi connectivity index (χ2v) is 8.93. The van der Waals surface area contributed by atoms with Crippen LogP contribution >= 0.6 is 38.5 Å². The lowest BCUT2D eigenvalue weighted by Crippen LogP contribution is -2.20. The minimum atomic E-state index is -0.477. The molecule has 4 rings (SSSR count). The zero-order valence-electron chi connectivity index (χ0n) is 17.0. The molecular formula is C24H17BrIN3O4. The van der Waals surface area contributed by atoms with Crippen LogP contribution in [0.5, 0.6) is 5.75 Å². The Morgan fingerprint density at radius 2 is 1.82 bits per heavy atom. The summed E-state index contributed by atoms with van der Waals surface area (Å²) in [5, 5.41) is 7.58. The topological polar surface area (TPSA) is 92.9 Å². The fourth-order valence-corrected chi connectivity index (χ4v) is 4.64. The molecular weight excluding hydrogens is 601 g/mol. The van der Waals surface area contributed by atoms with E-state index in [1.807, 2.05) is 30.3 Å². The molecule has 4 aromatic rings. The summed E-state index contributed by atoms with van der Waals surface area (Å²) in [5.41, 5.74) is 4.39. The Kier molecular flexibility index (Phi) is 7.40. The molecule has 2 N–H and O–H groups in total. The van der Waals surface area contributed by atoms with Crippen LogP contribution in [-0.2, 0) is 4.79 Å². The Balaban J connectivity index is 1.38. The van der Waals surface area contributed by atoms with E-state index in [2.05, 4.69) is 54.4 Å². The van der Waals surface area contributed by atoms with Gasteiger partial charge in [0.2, 0.25) is 0 Å². The molecule has 0 saturated heterocycles. The van der Waals surface area contributed by atoms with E-state index in [1.165, 1.54) is 6.21 Å². The van der Waals surface area contributed by atoms with E-state index in [-0.39, 0.29) is 18.3 Å². The van der Waals surface area contributed by atoms with Gasteiger partial charge < -0.3 is 14.5 Å². The zero-order chi connectivity index (χ0) is 23.2. The standard InChI is InChI=1S/C24H17BrIN3O4/c25-17-10-16-11-21(33-23(16)19(26)12-17)24(31)29-27-13-15-6-4-5-9-20(15)32-14-22(30)28-18-7-2-1-3-8-18/h1-13H,14H2,(H,28,30)(H,29,31)/b27-13-. The van der Waals surface area contributed by atoms with Crippen molar-refractivity contribution in [2.24, 2.45) is 5.10 Å². The predicted octanol–water partition coefficient (Wildman–Crippen LogP) is 5.58. The summed E-state index contributed by atoms with van der Waals surface area (Å²) in [7, 11) is 0. The van der Waals surface area contributed by atoms with Crippen LogP contribution in [0.3, 0.4) is 0 Å². The molecule has 9 heteroatoms. The smallest absolute Gasteiger partial charge is 0.307 e. The third-order valence-electron chi connectivity index (χ3n) is 4.46. The van der Waals surface area contributed by atoms with Crippen LogP contribution in [0.1, 0.15) is 16.1 Å². The summed E-state index contributed by atoms with van der Waals surface area (Å²) in [4.78, 5) is 24.6. The Morgan fingerprint density at radius 3 is 2.64 bits per heavy atom. The highest BCUT2D eigenvalue weighted by Gasteiger charge is 2.14. The fraction of sp³-hybridized carbons (Fsp3) is 0.0417. The molecule has 0 spiro atoms. The molecule has 7 nitrogen and oxygen atoms in total. The number of nitrogens with one attached hydrogen (secondary N) is 2. The number of para-hydroxylation sites is 2. The van der Waals surface area contributed by atoms with Gasteiger partial charge >= 0.3 is 5.91 Å². The summed E-state index contributed by atoms with van der Waals surface area (Å²) in [6.07, 6.45) is 1.45. The monoisotopic (exact) mass is 617 g/mol. The SMILES string of the molecule is O=C(COc1ccccc1/C=N\NC(=O)c1cc2cc(Br)cc(I)c2o1)Nc1ccccc1. The first-order chi connectivity index (χ1) is 16.0. The normalized spacial score (nSPS) is 11.0. The Morgan fingerprint density at radius 1 is 1.06 bits per heavy atom. The van der Waals surface area contributed by atoms with Crippen molar-refractivity contribution < 1.29 is 18.7 Å². The predicted molar refractivity (Wildman–Crippen MR) is 139 cm³/mol. The van der Waals surface area contributed by atoms with Gasteiger partial charge in [-0.15, -0.1) is 0 Å². The van der Waals surface area contributed by atoms with Crippen LogP contribution < -0.4 is 15.5 Å². The van der Waals surface area contributed by atoms with Crippen LogP contribution in [0.4, 0.5) is 5.69 Å². The maximum absolute atomic E-state index is 12.5. The summed E-state index contributed by atoms with van der Waals surface area (Å²) in [6.45, 7) is -0.167. The minimum absolute atomic E-state index is 0.153. The highest BCUT2D eigenvalue weighted by atomic mass is 127. The summed E-state index contributed by atoms with van der Waals surface area (Å²) in [6, 6.07) is 21.7. The molecule has 0 aliphatic rings. The van der Waals surface area contributed by atoms with Crippen molar-refractivity contribution in [3.05, 3.63) is 92.2 Å². The van der Waals surface area contributed by atoms with Crippen LogP contribution in [0.25, 0.3) is 11.0 Å². The highest BCUT2D eigenvalue weighted by Crippen LogP contribution is 2.28. The van der Waals surface area contributed by atoms with Gasteiger partial charge in [-0.3, -0.25) is 9.59 Å². The molecule has 0 bridgehead atoms. The Bertz CT molecular complexity index is 1340. The zero-order valence-corrected chi connectivity index (χ0v) is 20.8. The quantitative estimate of drug-likeness (QED) is 0.161. The van der Waals surface area contributed by atoms with Crippen LogP contribution in [0, 0.1) is 3.57 Å². The molecule has 1 heterocycles. The van der Waals surface area contributed by atoms with Crippen LogP contribution in [-0.4, -0.2) is 24.6 Å². The average molecular weight is 618 g/mol. The number of carbonyl (C=O) groups excluding carboxylic acids is 2. The van der Waals surface area contributed by atoms with Gasteiger partial charge in [0.15, 0.2) is 12.4 Å². The number of anilines is 1. The van der Waals surface area contributed by atoms with Gasteiger partial charge in [-0.25, -0.2) is 5.43 Å². The maximum atomic E-state index is 12.5. The van der Waals surface area contributed by atoms with Crippen molar-refractivity contribution in [1.82, 2.24) is 5.43 Å². The molecule has 1 aromatic heterocycles. The van der Waals surface area contributed by atoms with E-state index < -0.39 is 5.91 Å². The molecule has 0 atom stereocenters. The lowest BCUT2D eigenvalue weighted by Gasteiger charge is -2.09. The molecule has 0 saturated carbocycles. The lowest BCUT2D eigenvalue weighted by molar-refractivity contribution is -0.118. The van der Waals surface area contributed by atoms with Crippen molar-refractivity contribution in [2.45, 2.75) is 0 Å². The van der Waals surface area contributed by atoms with Gasteiger partial charge in [0, 0.05) is 21.1 Å². The Hall–Kier alpha value is -3.18. The van der Waals surface area contributed by atoms with E-state index in [1.54, 1.807) is 42.5 Å². The van der Waals surface area contributed by atoms with E-state index in [4.69, 9.17) is 9.15 Å². The highest BCUT2D eigenvalue weighted by molar-refractivity contribution is 14.1. The number of ether oxygens (including phenoxy) is 1. The van der Waals surface area contributed by atoms with Crippen molar-refractivity contribution in [3.8, 4) is 5.75 Å². The molecule has 0 aliphatic carbocycles. The van der Waals surface area contributed by atoms with Gasteiger partial charge in [-0.1, -0.05) is 46.3 Å². The number of halogens is 2. The van der Waals surface area contributed by atoms with Gasteiger partial charge in [-0.2, -0.15) is 5.10 Å². The lowest BCUT2D eigenvalue weighted by atomic mass is 10.2. The van der Waals surface area contributed by atoms with E-state index in [0.717, 1.165) is 13.4 Å². The number of benzene rings is 3. The van der Waals surface area contributed by atoms with Gasteiger partial charge in [0.25, 0.3) is 5.91 Å². The molecule has 0 radical (unpaired) electrons. The van der Waals surface area contributed by atoms with Crippen LogP contribution in [0.15, 0.2) is 86.8 Å². The maximum Gasteiger partial charge on any atom is 0.307 e. The number of amides is 2. The number of rotatable bonds is 7. The second-order valence-electron chi connectivity index (χ2n) is 6.86. The molecule has 0 unspecified atom stereocenters. The van der Waals surface area contributed by atoms with Crippen molar-refractivity contribution in [3.63, 3.8) is 0 Å². The van der Waals surface area contributed by atoms with Gasteiger partial charge in [-0.05, 0) is 65.1 Å². The average Bonchev–Trinajstić information content (AvgIpc) is 3.24. The number of nitrogens with zero attached hydrogens (tertiary/aromatic N) is 1. The third kappa shape index (κ3) is 5.99. The molecule has 0 fully saturated rings. The van der Waals surface area contributed by atoms with E-state index >= 15 is 0 Å². The summed E-state index contributed by atoms with van der Waals surface area (Å²) in [5.74, 6) is -0.149. The van der Waals surface area contributed by atoms with E-state index in [0.29, 0.717) is 22.6 Å². The van der Waals surface area contributed by atoms with Crippen molar-refractivity contribution in [1.29, 1.82) is 0 Å². The number of hydrogen-bond donors (Lipinski definition) is 2. The number of hydrogen-bond acceptors (Lipinski definition) is 5. The molecule has 166 valence electrons. The van der Waals surface area contributed by atoms with Crippen molar-refractivity contribution in [2.75, 3.05) is 11.9 Å². The molecule has 0 aliphatic heterocycles. The molecule has 2 amide bonds. The number of hydrazone groups is 1. The summed E-state index contributed by atoms with van der Waals surface area (Å²) >= 11 is 5.59. The Labute approximate surface area is 211 Å². The number of furan rings is 1. The van der Waals surface area contributed by atoms with Gasteiger partial charge in [0.1, 0.15) is 11.3 Å². The minimum Gasteiger partial charge on any atom is -0.483 e. The second kappa shape index (κ2) is 10.6. The first kappa shape index (κ1) is 23.0. The largest absolute Gasteiger partial charge is 0.483 e. The number of carbonyl (C=O) groups is 2. The molecule has 33 heavy (non-hydrogen) atoms. The van der Waals surface area contributed by atoms with Crippen LogP contribution in [0.2, 0.25) is 0 Å². The van der Waals surface area contributed by atoms with E-state index in [9.17, 15) is 9.59 Å². The fourth-order valence-electron chi connectivity index (χ4n) is 2.98. The third-order valence-corrected chi connectivity index (χ3v) is 5.72. The first-order valence-corrected chi connectivity index (χ1v) is 11.7. The number of fused-ring (bicyclic) bond motifs is 1. The summed E-state index contributed by atoms with van der Waals surface area (Å²) < 4.78 is 13.1.